The minimum atomic E-state index is 0.663. The van der Waals surface area contributed by atoms with Crippen LogP contribution in [0.4, 0.5) is 0 Å². The van der Waals surface area contributed by atoms with Gasteiger partial charge in [0, 0.05) is 34.9 Å². The molecule has 0 radical (unpaired) electrons. The Morgan fingerprint density at radius 2 is 0.725 bits per heavy atom. The van der Waals surface area contributed by atoms with Gasteiger partial charge in [-0.25, -0.2) is 0 Å². The lowest BCUT2D eigenvalue weighted by atomic mass is 10.2. The third kappa shape index (κ3) is 4.23. The molecule has 40 heavy (non-hydrogen) atoms. The Morgan fingerprint density at radius 3 is 1.10 bits per heavy atom. The average molecular weight is 519 g/mol. The molecule has 0 unspecified atom stereocenters. The summed E-state index contributed by atoms with van der Waals surface area (Å²) in [4.78, 5) is 9.08. The first-order valence-electron chi connectivity index (χ1n) is 12.8. The summed E-state index contributed by atoms with van der Waals surface area (Å²) in [5.41, 5.74) is 5.21. The maximum absolute atomic E-state index is 4.56. The maximum Gasteiger partial charge on any atom is 0.187 e. The van der Waals surface area contributed by atoms with Crippen LogP contribution in [-0.4, -0.2) is 39.5 Å². The van der Waals surface area contributed by atoms with Crippen LogP contribution in [0.1, 0.15) is 0 Å². The molecule has 7 aromatic rings. The topological polar surface area (TPSA) is 87.2 Å². The molecule has 8 heteroatoms. The van der Waals surface area contributed by atoms with E-state index in [2.05, 4.69) is 54.6 Å². The summed E-state index contributed by atoms with van der Waals surface area (Å²) in [6.07, 6.45) is 3.52. The van der Waals surface area contributed by atoms with Crippen molar-refractivity contribution in [2.45, 2.75) is 0 Å². The van der Waals surface area contributed by atoms with Gasteiger partial charge in [-0.1, -0.05) is 72.8 Å². The highest BCUT2D eigenvalue weighted by Gasteiger charge is 2.20. The molecule has 0 aliphatic rings. The molecule has 0 aliphatic heterocycles. The van der Waals surface area contributed by atoms with E-state index in [4.69, 9.17) is 0 Å². The van der Waals surface area contributed by atoms with Gasteiger partial charge in [-0.2, -0.15) is 0 Å². The number of pyridine rings is 2. The van der Waals surface area contributed by atoms with Gasteiger partial charge >= 0.3 is 0 Å². The molecular formula is C32H22N8. The van der Waals surface area contributed by atoms with E-state index in [1.54, 1.807) is 12.4 Å². The molecule has 0 spiro atoms. The predicted octanol–water partition coefficient (Wildman–Crippen LogP) is 6.31. The molecule has 4 heterocycles. The fourth-order valence-corrected chi connectivity index (χ4v) is 4.68. The van der Waals surface area contributed by atoms with Crippen molar-refractivity contribution < 1.29 is 0 Å². The van der Waals surface area contributed by atoms with E-state index < -0.39 is 0 Å². The first kappa shape index (κ1) is 23.4. The zero-order valence-corrected chi connectivity index (χ0v) is 21.3. The monoisotopic (exact) mass is 518 g/mol. The summed E-state index contributed by atoms with van der Waals surface area (Å²) in [6.45, 7) is 0. The Hall–Kier alpha value is -5.76. The summed E-state index contributed by atoms with van der Waals surface area (Å²) >= 11 is 0. The Balaban J connectivity index is 1.38. The highest BCUT2D eigenvalue weighted by Crippen LogP contribution is 2.31. The van der Waals surface area contributed by atoms with Gasteiger partial charge in [0.1, 0.15) is 11.4 Å². The lowest BCUT2D eigenvalue weighted by Crippen LogP contribution is -2.04. The van der Waals surface area contributed by atoms with Crippen LogP contribution >= 0.6 is 0 Å². The zero-order chi connectivity index (χ0) is 26.7. The number of hydrogen-bond donors (Lipinski definition) is 0. The number of benzene rings is 3. The summed E-state index contributed by atoms with van der Waals surface area (Å²) in [6, 6.07) is 39.8. The molecule has 3 aromatic carbocycles. The predicted molar refractivity (Wildman–Crippen MR) is 154 cm³/mol. The van der Waals surface area contributed by atoms with Crippen LogP contribution in [0.2, 0.25) is 0 Å². The molecule has 0 N–H and O–H groups in total. The second-order valence-electron chi connectivity index (χ2n) is 9.04. The van der Waals surface area contributed by atoms with Crippen molar-refractivity contribution >= 4 is 0 Å². The Kier molecular flexibility index (Phi) is 5.95. The molecule has 8 nitrogen and oxygen atoms in total. The van der Waals surface area contributed by atoms with E-state index in [0.717, 1.165) is 45.5 Å². The molecule has 0 amide bonds. The van der Waals surface area contributed by atoms with Gasteiger partial charge in [0.25, 0.3) is 0 Å². The SMILES string of the molecule is c1ccc(-c2nnc(-c3ccccn3)n2-c2ccc(-n3c(-c4ccccc4)nnc3-c3ccccn3)cc2)cc1. The van der Waals surface area contributed by atoms with Crippen LogP contribution in [0.5, 0.6) is 0 Å². The Labute approximate surface area is 230 Å². The average Bonchev–Trinajstić information content (AvgIpc) is 3.69. The van der Waals surface area contributed by atoms with Crippen LogP contribution in [-0.2, 0) is 0 Å². The second kappa shape index (κ2) is 10.2. The Morgan fingerprint density at radius 1 is 0.350 bits per heavy atom. The van der Waals surface area contributed by atoms with Crippen LogP contribution < -0.4 is 0 Å². The van der Waals surface area contributed by atoms with Gasteiger partial charge in [0.05, 0.1) is 0 Å². The maximum atomic E-state index is 4.56. The van der Waals surface area contributed by atoms with Crippen LogP contribution in [0.25, 0.3) is 57.2 Å². The number of hydrogen-bond acceptors (Lipinski definition) is 6. The normalized spacial score (nSPS) is 11.0. The van der Waals surface area contributed by atoms with Gasteiger partial charge in [-0.05, 0) is 48.5 Å². The molecule has 0 aliphatic carbocycles. The second-order valence-corrected chi connectivity index (χ2v) is 9.04. The minimum Gasteiger partial charge on any atom is -0.274 e. The van der Waals surface area contributed by atoms with Crippen LogP contribution in [0.15, 0.2) is 134 Å². The van der Waals surface area contributed by atoms with E-state index in [0.29, 0.717) is 11.6 Å². The summed E-state index contributed by atoms with van der Waals surface area (Å²) in [5, 5.41) is 18.2. The summed E-state index contributed by atoms with van der Waals surface area (Å²) < 4.78 is 4.07. The number of aromatic nitrogens is 8. The van der Waals surface area contributed by atoms with Crippen molar-refractivity contribution in [2.24, 2.45) is 0 Å². The molecule has 7 rings (SSSR count). The molecule has 190 valence electrons. The van der Waals surface area contributed by atoms with Crippen molar-refractivity contribution in [3.05, 3.63) is 134 Å². The van der Waals surface area contributed by atoms with Gasteiger partial charge in [-0.3, -0.25) is 19.1 Å². The molecule has 0 fully saturated rings. The first-order chi connectivity index (χ1) is 19.9. The summed E-state index contributed by atoms with van der Waals surface area (Å²) in [5.74, 6) is 2.79. The smallest absolute Gasteiger partial charge is 0.187 e. The van der Waals surface area contributed by atoms with Gasteiger partial charge in [0.15, 0.2) is 23.3 Å². The quantitative estimate of drug-likeness (QED) is 0.257. The molecule has 0 atom stereocenters. The van der Waals surface area contributed by atoms with Gasteiger partial charge in [-0.15, -0.1) is 20.4 Å². The van der Waals surface area contributed by atoms with E-state index in [1.165, 1.54) is 0 Å². The van der Waals surface area contributed by atoms with E-state index in [-0.39, 0.29) is 0 Å². The van der Waals surface area contributed by atoms with Crippen LogP contribution in [0.3, 0.4) is 0 Å². The van der Waals surface area contributed by atoms with Crippen LogP contribution in [0, 0.1) is 0 Å². The molecule has 4 aromatic heterocycles. The van der Waals surface area contributed by atoms with Gasteiger partial charge < -0.3 is 0 Å². The third-order valence-electron chi connectivity index (χ3n) is 6.54. The molecule has 0 saturated carbocycles. The lowest BCUT2D eigenvalue weighted by Gasteiger charge is -2.14. The third-order valence-corrected chi connectivity index (χ3v) is 6.54. The van der Waals surface area contributed by atoms with E-state index in [1.807, 2.05) is 106 Å². The fourth-order valence-electron chi connectivity index (χ4n) is 4.68. The van der Waals surface area contributed by atoms with Crippen molar-refractivity contribution in [3.8, 4) is 57.2 Å². The van der Waals surface area contributed by atoms with E-state index >= 15 is 0 Å². The highest BCUT2D eigenvalue weighted by atomic mass is 15.3. The van der Waals surface area contributed by atoms with Crippen molar-refractivity contribution in [2.75, 3.05) is 0 Å². The number of rotatable bonds is 6. The van der Waals surface area contributed by atoms with Crippen molar-refractivity contribution in [3.63, 3.8) is 0 Å². The minimum absolute atomic E-state index is 0.663. The van der Waals surface area contributed by atoms with Crippen molar-refractivity contribution in [1.29, 1.82) is 0 Å². The molecule has 0 bridgehead atoms. The van der Waals surface area contributed by atoms with E-state index in [9.17, 15) is 0 Å². The standard InChI is InChI=1S/C32H22N8/c1-3-11-23(12-4-1)29-35-37-31(27-15-7-9-21-33-27)39(29)25-17-19-26(20-18-25)40-30(24-13-5-2-6-14-24)36-38-32(40)28-16-8-10-22-34-28/h1-22H. The van der Waals surface area contributed by atoms with Crippen molar-refractivity contribution in [1.82, 2.24) is 39.5 Å². The lowest BCUT2D eigenvalue weighted by molar-refractivity contribution is 1.03. The Bertz CT molecular complexity index is 1610. The fraction of sp³-hybridized carbons (Fsp3) is 0. The number of nitrogens with zero attached hydrogens (tertiary/aromatic N) is 8. The largest absolute Gasteiger partial charge is 0.274 e. The zero-order valence-electron chi connectivity index (χ0n) is 21.3. The highest BCUT2D eigenvalue weighted by molar-refractivity contribution is 5.67. The van der Waals surface area contributed by atoms with Gasteiger partial charge in [0.2, 0.25) is 0 Å². The first-order valence-corrected chi connectivity index (χ1v) is 12.8. The molecular weight excluding hydrogens is 496 g/mol. The molecule has 0 saturated heterocycles. The summed E-state index contributed by atoms with van der Waals surface area (Å²) in [7, 11) is 0.